The molecule has 0 saturated heterocycles. The highest BCUT2D eigenvalue weighted by Gasteiger charge is 2.23. The fourth-order valence-corrected chi connectivity index (χ4v) is 23.4. The van der Waals surface area contributed by atoms with E-state index in [9.17, 15) is 4.39 Å². The van der Waals surface area contributed by atoms with E-state index in [0.29, 0.717) is 66.7 Å². The summed E-state index contributed by atoms with van der Waals surface area (Å²) in [5.41, 5.74) is 19.1. The van der Waals surface area contributed by atoms with Crippen molar-refractivity contribution in [3.63, 3.8) is 0 Å². The van der Waals surface area contributed by atoms with Gasteiger partial charge in [-0.15, -0.1) is 0 Å². The standard InChI is InChI=1S/C21H29FNO4P.C21H30NO3P.C20H28NO2P.2C19H26NO2P.C18H24NO2P/c1-21(2,3)23-12-14-9-15(22)7-8-18(14)28-19-11-16(25-5)10-17(26-6)20(19)27-13-24-4;1-15-7-10-19(16(11-15)13-22-21(2,3)4)26-20-12-17(24-6)8-9-18(20)25-14-23-5;1-6-21-12-17-9-7-8-15(3)20(17)24-18-11-14(2)10-16(4)19(18)23-13-22-5;1-5-20-12-16-10-6-9-15(3)19(16)23-17-11-7-8-14(2)18(17)22-13-21-4;1-5-20-12-16-8-6-7-15(3)19(16)23-18-11-14(2)9-10-17(18)22-13-21-4;1-4-19-12-15-9-7-8-14(2)18(15)22-17-11-6-5-10-16(17)21-13-20-3/h7-11,23,28H,12-13H2,1-6H3;7-12,22,26H,13-14H2,1-6H3;7-11,21,24H,6,12-13H2,1-5H3;2*6-11,20,23H,5,12-13H2,1-4H3;5-11,19,22H,4,12-13H2,1-3H3. The first-order chi connectivity index (χ1) is 70.2. The number of aryl methyl sites for hydroxylation is 9. The summed E-state index contributed by atoms with van der Waals surface area (Å²) in [6.07, 6.45) is 0. The summed E-state index contributed by atoms with van der Waals surface area (Å²) in [4.78, 5) is 0. The minimum Gasteiger partial charge on any atom is -0.497 e. The van der Waals surface area contributed by atoms with Crippen LogP contribution < -0.4 is 138 Å². The molecular weight excluding hydrogens is 1950 g/mol. The molecule has 792 valence electrons. The molecule has 12 rings (SSSR count). The molecule has 0 aliphatic heterocycles. The summed E-state index contributed by atoms with van der Waals surface area (Å²) in [5.74, 6) is 6.97. The zero-order valence-corrected chi connectivity index (χ0v) is 97.5. The quantitative estimate of drug-likeness (QED) is 0.0155. The zero-order chi connectivity index (χ0) is 107. The first-order valence-electron chi connectivity index (χ1n) is 49.5. The molecule has 6 N–H and O–H groups in total. The third-order valence-corrected chi connectivity index (χ3v) is 31.8. The van der Waals surface area contributed by atoms with Crippen LogP contribution in [0, 0.1) is 68.1 Å². The largest absolute Gasteiger partial charge is 0.497 e. The van der Waals surface area contributed by atoms with Crippen LogP contribution in [-0.4, -0.2) is 142 Å². The maximum Gasteiger partial charge on any atom is 0.188 e. The van der Waals surface area contributed by atoms with Crippen molar-refractivity contribution in [3.05, 3.63) is 302 Å². The first-order valence-corrected chi connectivity index (χ1v) is 55.5. The van der Waals surface area contributed by atoms with Crippen molar-refractivity contribution in [3.8, 4) is 51.7 Å². The smallest absolute Gasteiger partial charge is 0.188 e. The van der Waals surface area contributed by atoms with E-state index in [1.165, 1.54) is 121 Å². The third kappa shape index (κ3) is 42.7. The lowest BCUT2D eigenvalue weighted by molar-refractivity contribution is 0.0499. The highest BCUT2D eigenvalue weighted by atomic mass is 31.1. The topological polar surface area (TPSA) is 211 Å². The maximum absolute atomic E-state index is 13.9. The van der Waals surface area contributed by atoms with Crippen LogP contribution in [0.15, 0.2) is 212 Å². The minimum atomic E-state index is -0.252. The molecule has 0 spiro atoms. The predicted molar refractivity (Wildman–Crippen MR) is 623 cm³/mol. The third-order valence-electron chi connectivity index (χ3n) is 22.5. The molecule has 0 bridgehead atoms. The van der Waals surface area contributed by atoms with E-state index < -0.39 is 0 Å². The van der Waals surface area contributed by atoms with Gasteiger partial charge >= 0.3 is 0 Å². The SMILES string of the molecule is CCNCc1cccc(C)c1Pc1cc(C)cc(C)c1OCOC.CCNCc1cccc(C)c1Pc1cc(C)ccc1OCOC.CCNCc1cccc(C)c1Pc1cccc(C)c1OCOC.CCNCc1cccc(C)c1Pc1ccccc1OCOC.COCOc1c(OC)cc(OC)cc1Pc1ccc(F)cc1CNC(C)(C)C.COCOc1ccc(OC)cc1Pc1ccc(C)cc1CNC(C)(C)C. The molecule has 146 heavy (non-hydrogen) atoms. The molecule has 0 aliphatic rings. The molecule has 0 aliphatic carbocycles. The molecule has 0 saturated carbocycles. The molecular formula is C118H163FN6O15P6. The highest BCUT2D eigenvalue weighted by molar-refractivity contribution is 7.57. The molecule has 6 unspecified atom stereocenters. The maximum atomic E-state index is 13.9. The molecule has 0 radical (unpaired) electrons. The number of benzene rings is 12. The average Bonchev–Trinajstić information content (AvgIpc) is 0.809. The lowest BCUT2D eigenvalue weighted by Crippen LogP contribution is -2.36. The second-order valence-corrected chi connectivity index (χ2v) is 44.6. The summed E-state index contributed by atoms with van der Waals surface area (Å²) in [7, 11) is 17.6. The van der Waals surface area contributed by atoms with Crippen LogP contribution >= 0.6 is 51.5 Å². The number of rotatable bonds is 49. The normalized spacial score (nSPS) is 11.5. The van der Waals surface area contributed by atoms with Crippen molar-refractivity contribution in [2.24, 2.45) is 0 Å². The molecule has 0 heterocycles. The van der Waals surface area contributed by atoms with Gasteiger partial charge in [-0.25, -0.2) is 4.39 Å². The average molecular weight is 2110 g/mol. The molecule has 0 aromatic heterocycles. The second kappa shape index (κ2) is 67.1. The molecule has 0 fully saturated rings. The molecule has 12 aromatic carbocycles. The Morgan fingerprint density at radius 2 is 0.596 bits per heavy atom. The van der Waals surface area contributed by atoms with Gasteiger partial charge in [-0.2, -0.15) is 0 Å². The van der Waals surface area contributed by atoms with Crippen LogP contribution in [0.25, 0.3) is 0 Å². The Bertz CT molecular complexity index is 5870. The highest BCUT2D eigenvalue weighted by Crippen LogP contribution is 2.37. The van der Waals surface area contributed by atoms with Crippen LogP contribution in [0.2, 0.25) is 0 Å². The van der Waals surface area contributed by atoms with E-state index in [2.05, 4.69) is 309 Å². The van der Waals surface area contributed by atoms with Gasteiger partial charge in [0.25, 0.3) is 0 Å². The summed E-state index contributed by atoms with van der Waals surface area (Å²) < 4.78 is 95.2. The molecule has 0 amide bonds. The van der Waals surface area contributed by atoms with Gasteiger partial charge < -0.3 is 103 Å². The number of halogens is 1. The fraction of sp³-hybridized carbons (Fsp3) is 0.390. The minimum absolute atomic E-state index is 0.0708. The van der Waals surface area contributed by atoms with Crippen LogP contribution in [0.4, 0.5) is 4.39 Å². The van der Waals surface area contributed by atoms with Gasteiger partial charge in [-0.1, -0.05) is 236 Å². The molecule has 12 aromatic rings. The van der Waals surface area contributed by atoms with Gasteiger partial charge in [0.15, 0.2) is 52.3 Å². The van der Waals surface area contributed by atoms with Crippen molar-refractivity contribution in [2.45, 2.75) is 182 Å². The van der Waals surface area contributed by atoms with E-state index in [0.717, 1.165) is 126 Å². The first kappa shape index (κ1) is 124. The van der Waals surface area contributed by atoms with Crippen LogP contribution in [0.1, 0.15) is 153 Å². The van der Waals surface area contributed by atoms with Gasteiger partial charge in [0, 0.05) is 131 Å². The van der Waals surface area contributed by atoms with Gasteiger partial charge in [-0.3, -0.25) is 0 Å². The van der Waals surface area contributed by atoms with E-state index in [-0.39, 0.29) is 66.2 Å². The summed E-state index contributed by atoms with van der Waals surface area (Å²) in [5, 5.41) is 35.6. The zero-order valence-electron chi connectivity index (χ0n) is 91.5. The van der Waals surface area contributed by atoms with Gasteiger partial charge in [-0.05, 0) is 295 Å². The van der Waals surface area contributed by atoms with Crippen LogP contribution in [0.5, 0.6) is 51.7 Å². The summed E-state index contributed by atoms with van der Waals surface area (Å²) in [6, 6.07) is 72.5. The number of hydrogen-bond donors (Lipinski definition) is 6. The Hall–Kier alpha value is -9.13. The van der Waals surface area contributed by atoms with Gasteiger partial charge in [0.2, 0.25) is 0 Å². The Labute approximate surface area is 883 Å². The monoisotopic (exact) mass is 2110 g/mol. The van der Waals surface area contributed by atoms with E-state index >= 15 is 0 Å². The summed E-state index contributed by atoms with van der Waals surface area (Å²) >= 11 is 0. The van der Waals surface area contributed by atoms with Crippen LogP contribution in [0.3, 0.4) is 0 Å². The number of ether oxygens (including phenoxy) is 15. The molecule has 21 nitrogen and oxygen atoms in total. The van der Waals surface area contributed by atoms with Gasteiger partial charge in [0.05, 0.1) is 21.3 Å². The number of hydrogen-bond acceptors (Lipinski definition) is 21. The lowest BCUT2D eigenvalue weighted by atomic mass is 10.1. The fourth-order valence-electron chi connectivity index (χ4n) is 15.0. The lowest BCUT2D eigenvalue weighted by Gasteiger charge is -2.22. The van der Waals surface area contributed by atoms with E-state index in [1.807, 2.05) is 48.5 Å². The second-order valence-electron chi connectivity index (χ2n) is 36.8. The Kier molecular flexibility index (Phi) is 56.9. The summed E-state index contributed by atoms with van der Waals surface area (Å²) in [6.45, 7) is 51.0. The van der Waals surface area contributed by atoms with Gasteiger partial charge in [0.1, 0.15) is 46.1 Å². The van der Waals surface area contributed by atoms with Crippen molar-refractivity contribution in [2.75, 3.05) is 131 Å². The van der Waals surface area contributed by atoms with E-state index in [4.69, 9.17) is 71.1 Å². The Morgan fingerprint density at radius 3 is 1.05 bits per heavy atom. The van der Waals surface area contributed by atoms with E-state index in [1.54, 1.807) is 76.1 Å². The Balaban J connectivity index is 0.000000238. The van der Waals surface area contributed by atoms with Crippen molar-refractivity contribution >= 4 is 115 Å². The van der Waals surface area contributed by atoms with Crippen molar-refractivity contribution in [1.29, 1.82) is 0 Å². The van der Waals surface area contributed by atoms with Crippen LogP contribution in [-0.2, 0) is 67.7 Å². The number of para-hydroxylation sites is 2. The predicted octanol–water partition coefficient (Wildman–Crippen LogP) is 18.9. The number of nitrogens with one attached hydrogen (secondary N) is 6. The number of methoxy groups -OCH3 is 9. The molecule has 28 heteroatoms. The van der Waals surface area contributed by atoms with Crippen molar-refractivity contribution < 1.29 is 75.4 Å². The Morgan fingerprint density at radius 1 is 0.247 bits per heavy atom. The molecule has 6 atom stereocenters. The van der Waals surface area contributed by atoms with Crippen molar-refractivity contribution in [1.82, 2.24) is 31.9 Å².